The Labute approximate surface area is 158 Å². The molecule has 1 aliphatic rings. The number of nitrogens with one attached hydrogen (secondary N) is 1. The molecule has 0 unspecified atom stereocenters. The fraction of sp³-hybridized carbons (Fsp3) is 0.286. The van der Waals surface area contributed by atoms with Crippen LogP contribution in [0.25, 0.3) is 11.4 Å². The molecular formula is C21H22N4O2. The zero-order valence-corrected chi connectivity index (χ0v) is 15.2. The lowest BCUT2D eigenvalue weighted by Crippen LogP contribution is -2.32. The van der Waals surface area contributed by atoms with Gasteiger partial charge in [0.1, 0.15) is 18.6 Å². The van der Waals surface area contributed by atoms with Crippen LogP contribution in [0.4, 0.5) is 0 Å². The largest absolute Gasteiger partial charge is 0.497 e. The molecule has 138 valence electrons. The van der Waals surface area contributed by atoms with Crippen LogP contribution in [0.2, 0.25) is 0 Å². The van der Waals surface area contributed by atoms with E-state index in [9.17, 15) is 4.79 Å². The van der Waals surface area contributed by atoms with Crippen LogP contribution >= 0.6 is 0 Å². The number of amides is 1. The van der Waals surface area contributed by atoms with Gasteiger partial charge in [-0.05, 0) is 36.5 Å². The van der Waals surface area contributed by atoms with E-state index >= 15 is 0 Å². The molecule has 1 saturated carbocycles. The summed E-state index contributed by atoms with van der Waals surface area (Å²) in [5.74, 6) is 1.87. The zero-order valence-electron chi connectivity index (χ0n) is 15.2. The molecule has 1 aliphatic carbocycles. The Balaban J connectivity index is 1.42. The summed E-state index contributed by atoms with van der Waals surface area (Å²) in [5.41, 5.74) is 2.04. The molecule has 0 radical (unpaired) electrons. The Bertz CT molecular complexity index is 901. The number of hydrogen-bond donors (Lipinski definition) is 1. The summed E-state index contributed by atoms with van der Waals surface area (Å²) in [7, 11) is 1.65. The highest BCUT2D eigenvalue weighted by Crippen LogP contribution is 2.41. The average molecular weight is 362 g/mol. The highest BCUT2D eigenvalue weighted by molar-refractivity contribution is 5.76. The lowest BCUT2D eigenvalue weighted by Gasteiger charge is -2.19. The van der Waals surface area contributed by atoms with Crippen molar-refractivity contribution in [1.82, 2.24) is 20.1 Å². The van der Waals surface area contributed by atoms with Crippen LogP contribution in [0.15, 0.2) is 60.9 Å². The van der Waals surface area contributed by atoms with Gasteiger partial charge in [0.25, 0.3) is 0 Å². The van der Waals surface area contributed by atoms with E-state index < -0.39 is 0 Å². The smallest absolute Gasteiger partial charge is 0.242 e. The molecule has 1 fully saturated rings. The predicted octanol–water partition coefficient (Wildman–Crippen LogP) is 3.22. The van der Waals surface area contributed by atoms with Crippen LogP contribution < -0.4 is 10.1 Å². The van der Waals surface area contributed by atoms with Crippen molar-refractivity contribution in [2.45, 2.75) is 25.4 Å². The Morgan fingerprint density at radius 1 is 1.19 bits per heavy atom. The van der Waals surface area contributed by atoms with Gasteiger partial charge in [-0.25, -0.2) is 9.67 Å². The van der Waals surface area contributed by atoms with Crippen molar-refractivity contribution in [3.8, 4) is 17.1 Å². The topological polar surface area (TPSA) is 69.0 Å². The van der Waals surface area contributed by atoms with Crippen molar-refractivity contribution in [3.05, 3.63) is 66.5 Å². The number of methoxy groups -OCH3 is 1. The monoisotopic (exact) mass is 362 g/mol. The molecule has 0 aliphatic heterocycles. The van der Waals surface area contributed by atoms with Gasteiger partial charge in [0, 0.05) is 5.56 Å². The second-order valence-electron chi connectivity index (χ2n) is 6.79. The van der Waals surface area contributed by atoms with E-state index in [1.165, 1.54) is 0 Å². The van der Waals surface area contributed by atoms with E-state index in [1.807, 2.05) is 54.6 Å². The number of benzene rings is 2. The number of ether oxygens (including phenoxy) is 1. The average Bonchev–Trinajstić information content (AvgIpc) is 3.45. The highest BCUT2D eigenvalue weighted by Gasteiger charge is 2.33. The second-order valence-corrected chi connectivity index (χ2v) is 6.79. The molecule has 27 heavy (non-hydrogen) atoms. The van der Waals surface area contributed by atoms with Gasteiger partial charge < -0.3 is 10.1 Å². The molecule has 0 saturated heterocycles. The minimum absolute atomic E-state index is 0.0283. The lowest BCUT2D eigenvalue weighted by atomic mass is 10.0. The summed E-state index contributed by atoms with van der Waals surface area (Å²) in [4.78, 5) is 16.9. The van der Waals surface area contributed by atoms with Crippen LogP contribution in [0, 0.1) is 5.92 Å². The number of hydrogen-bond acceptors (Lipinski definition) is 4. The van der Waals surface area contributed by atoms with Gasteiger partial charge in [0.2, 0.25) is 5.91 Å². The van der Waals surface area contributed by atoms with E-state index in [2.05, 4.69) is 15.4 Å². The summed E-state index contributed by atoms with van der Waals surface area (Å²) in [6, 6.07) is 17.7. The third kappa shape index (κ3) is 4.16. The van der Waals surface area contributed by atoms with Crippen molar-refractivity contribution < 1.29 is 9.53 Å². The molecule has 0 bridgehead atoms. The molecule has 1 aromatic heterocycles. The van der Waals surface area contributed by atoms with Crippen LogP contribution in [-0.4, -0.2) is 27.8 Å². The Morgan fingerprint density at radius 2 is 1.93 bits per heavy atom. The van der Waals surface area contributed by atoms with Crippen LogP contribution in [0.1, 0.15) is 24.4 Å². The van der Waals surface area contributed by atoms with E-state index in [0.29, 0.717) is 11.7 Å². The summed E-state index contributed by atoms with van der Waals surface area (Å²) in [5, 5.41) is 7.57. The molecule has 0 spiro atoms. The molecule has 1 atom stereocenters. The maximum Gasteiger partial charge on any atom is 0.242 e. The van der Waals surface area contributed by atoms with E-state index in [-0.39, 0.29) is 18.5 Å². The standard InChI is InChI=1S/C21H22N4O2/c1-27-18-11-9-16(10-12-18)20(15-7-8-15)23-19(26)13-25-14-22-21(24-25)17-5-3-2-4-6-17/h2-6,9-12,14-15,20H,7-8,13H2,1H3,(H,23,26)/t20-/m1/s1. The van der Waals surface area contributed by atoms with Crippen LogP contribution in [0.3, 0.4) is 0 Å². The van der Waals surface area contributed by atoms with Gasteiger partial charge in [-0.15, -0.1) is 0 Å². The summed E-state index contributed by atoms with van der Waals surface area (Å²) in [6.07, 6.45) is 3.87. The van der Waals surface area contributed by atoms with Gasteiger partial charge in [0.05, 0.1) is 13.2 Å². The number of carbonyl (C=O) groups excluding carboxylic acids is 1. The maximum atomic E-state index is 12.6. The van der Waals surface area contributed by atoms with E-state index in [1.54, 1.807) is 18.1 Å². The Hall–Kier alpha value is -3.15. The fourth-order valence-electron chi connectivity index (χ4n) is 3.17. The lowest BCUT2D eigenvalue weighted by molar-refractivity contribution is -0.122. The fourth-order valence-corrected chi connectivity index (χ4v) is 3.17. The number of nitrogens with zero attached hydrogens (tertiary/aromatic N) is 3. The minimum Gasteiger partial charge on any atom is -0.497 e. The van der Waals surface area contributed by atoms with Gasteiger partial charge >= 0.3 is 0 Å². The molecule has 4 rings (SSSR count). The molecule has 1 N–H and O–H groups in total. The van der Waals surface area contributed by atoms with Crippen molar-refractivity contribution in [2.24, 2.45) is 5.92 Å². The van der Waals surface area contributed by atoms with Crippen molar-refractivity contribution in [3.63, 3.8) is 0 Å². The van der Waals surface area contributed by atoms with Gasteiger partial charge in [0.15, 0.2) is 5.82 Å². The van der Waals surface area contributed by atoms with E-state index in [0.717, 1.165) is 29.7 Å². The summed E-state index contributed by atoms with van der Waals surface area (Å²) >= 11 is 0. The molecular weight excluding hydrogens is 340 g/mol. The van der Waals surface area contributed by atoms with Crippen LogP contribution in [0.5, 0.6) is 5.75 Å². The van der Waals surface area contributed by atoms with Gasteiger partial charge in [-0.2, -0.15) is 5.10 Å². The Kier molecular flexibility index (Phi) is 4.87. The van der Waals surface area contributed by atoms with Crippen molar-refractivity contribution in [1.29, 1.82) is 0 Å². The van der Waals surface area contributed by atoms with Gasteiger partial charge in [-0.3, -0.25) is 4.79 Å². The molecule has 3 aromatic rings. The quantitative estimate of drug-likeness (QED) is 0.701. The zero-order chi connectivity index (χ0) is 18.6. The second kappa shape index (κ2) is 7.61. The maximum absolute atomic E-state index is 12.6. The molecule has 1 heterocycles. The van der Waals surface area contributed by atoms with Gasteiger partial charge in [-0.1, -0.05) is 42.5 Å². The Morgan fingerprint density at radius 3 is 2.59 bits per heavy atom. The first-order valence-electron chi connectivity index (χ1n) is 9.11. The molecule has 6 nitrogen and oxygen atoms in total. The molecule has 2 aromatic carbocycles. The van der Waals surface area contributed by atoms with Crippen molar-refractivity contribution in [2.75, 3.05) is 7.11 Å². The summed E-state index contributed by atoms with van der Waals surface area (Å²) in [6.45, 7) is 0.152. The third-order valence-electron chi connectivity index (χ3n) is 4.76. The number of aromatic nitrogens is 3. The van der Waals surface area contributed by atoms with Crippen LogP contribution in [-0.2, 0) is 11.3 Å². The number of carbonyl (C=O) groups is 1. The first kappa shape index (κ1) is 17.3. The first-order valence-corrected chi connectivity index (χ1v) is 9.11. The summed E-state index contributed by atoms with van der Waals surface area (Å²) < 4.78 is 6.80. The normalized spacial score (nSPS) is 14.6. The molecule has 1 amide bonds. The predicted molar refractivity (Wildman–Crippen MR) is 102 cm³/mol. The SMILES string of the molecule is COc1ccc([C@H](NC(=O)Cn2cnc(-c3ccccc3)n2)C2CC2)cc1. The third-order valence-corrected chi connectivity index (χ3v) is 4.76. The first-order chi connectivity index (χ1) is 13.2. The van der Waals surface area contributed by atoms with Crippen molar-refractivity contribution >= 4 is 5.91 Å². The van der Waals surface area contributed by atoms with E-state index in [4.69, 9.17) is 4.74 Å². The minimum atomic E-state index is -0.0628. The number of rotatable bonds is 7. The molecule has 6 heteroatoms. The highest BCUT2D eigenvalue weighted by atomic mass is 16.5.